The molecule has 0 aliphatic heterocycles. The lowest BCUT2D eigenvalue weighted by Crippen LogP contribution is -2.22. The first-order valence-corrected chi connectivity index (χ1v) is 8.34. The third-order valence-corrected chi connectivity index (χ3v) is 3.73. The van der Waals surface area contributed by atoms with E-state index in [1.165, 1.54) is 31.4 Å². The zero-order valence-corrected chi connectivity index (χ0v) is 14.8. The Balaban J connectivity index is 2.01. The van der Waals surface area contributed by atoms with Gasteiger partial charge in [-0.05, 0) is 36.4 Å². The largest absolute Gasteiger partial charge is 0.405 e. The topological polar surface area (TPSA) is 72.0 Å². The van der Waals surface area contributed by atoms with Gasteiger partial charge in [-0.15, -0.1) is 0 Å². The average Bonchev–Trinajstić information content (AvgIpc) is 2.66. The molecule has 0 saturated heterocycles. The number of nitrogens with zero attached hydrogens (tertiary/aromatic N) is 3. The molecule has 6 nitrogen and oxygen atoms in total. The second-order valence-electron chi connectivity index (χ2n) is 5.86. The van der Waals surface area contributed by atoms with Crippen LogP contribution in [0.3, 0.4) is 0 Å². The minimum absolute atomic E-state index is 0.0498. The van der Waals surface area contributed by atoms with Crippen molar-refractivity contribution < 1.29 is 22.3 Å². The van der Waals surface area contributed by atoms with E-state index in [4.69, 9.17) is 4.74 Å². The molecule has 0 aliphatic rings. The summed E-state index contributed by atoms with van der Waals surface area (Å²) in [6, 6.07) is 8.92. The molecule has 0 spiro atoms. The number of nitrogens with one attached hydrogen (secondary N) is 2. The Morgan fingerprint density at radius 3 is 2.39 bits per heavy atom. The van der Waals surface area contributed by atoms with Crippen molar-refractivity contribution in [3.05, 3.63) is 42.2 Å². The zero-order chi connectivity index (χ0) is 20.1. The standard InChI is InChI=1S/C18H17F4N5O/c1-28-9-8-23-17-26-14-7-6-13(11-2-4-12(19)5-3-11)25-15(14)16(27-17)24-10-18(20,21)22/h2-7H,8-10H2,1H3,(H2,23,24,26,27). The van der Waals surface area contributed by atoms with Gasteiger partial charge in [-0.1, -0.05) is 0 Å². The van der Waals surface area contributed by atoms with Gasteiger partial charge in [0.05, 0.1) is 17.8 Å². The Morgan fingerprint density at radius 2 is 1.71 bits per heavy atom. The lowest BCUT2D eigenvalue weighted by Gasteiger charge is -2.13. The van der Waals surface area contributed by atoms with Crippen LogP contribution in [0, 0.1) is 5.82 Å². The quantitative estimate of drug-likeness (QED) is 0.468. The first kappa shape index (κ1) is 19.7. The fourth-order valence-corrected chi connectivity index (χ4v) is 2.45. The van der Waals surface area contributed by atoms with Gasteiger partial charge >= 0.3 is 6.18 Å². The van der Waals surface area contributed by atoms with Crippen molar-refractivity contribution in [2.75, 3.05) is 37.4 Å². The average molecular weight is 395 g/mol. The van der Waals surface area contributed by atoms with E-state index >= 15 is 0 Å². The number of hydrogen-bond acceptors (Lipinski definition) is 6. The summed E-state index contributed by atoms with van der Waals surface area (Å²) in [5, 5.41) is 5.17. The molecule has 0 fully saturated rings. The van der Waals surface area contributed by atoms with Gasteiger partial charge in [-0.3, -0.25) is 0 Å². The fourth-order valence-electron chi connectivity index (χ4n) is 2.45. The van der Waals surface area contributed by atoms with E-state index in [0.717, 1.165) is 0 Å². The van der Waals surface area contributed by atoms with E-state index in [9.17, 15) is 17.6 Å². The summed E-state index contributed by atoms with van der Waals surface area (Å²) in [6.45, 7) is -0.491. The summed E-state index contributed by atoms with van der Waals surface area (Å²) in [6.07, 6.45) is -4.42. The number of ether oxygens (including phenoxy) is 1. The molecule has 0 aliphatic carbocycles. The van der Waals surface area contributed by atoms with Gasteiger partial charge in [0.1, 0.15) is 17.9 Å². The fraction of sp³-hybridized carbons (Fsp3) is 0.278. The predicted octanol–water partition coefficient (Wildman–Crippen LogP) is 3.86. The lowest BCUT2D eigenvalue weighted by atomic mass is 10.1. The molecule has 0 bridgehead atoms. The first-order valence-electron chi connectivity index (χ1n) is 8.34. The second-order valence-corrected chi connectivity index (χ2v) is 5.86. The highest BCUT2D eigenvalue weighted by Crippen LogP contribution is 2.26. The predicted molar refractivity (Wildman–Crippen MR) is 97.6 cm³/mol. The van der Waals surface area contributed by atoms with Crippen molar-refractivity contribution in [3.8, 4) is 11.3 Å². The molecule has 0 saturated carbocycles. The lowest BCUT2D eigenvalue weighted by molar-refractivity contribution is -0.115. The maximum atomic E-state index is 13.1. The molecule has 2 aromatic heterocycles. The van der Waals surface area contributed by atoms with Crippen LogP contribution in [-0.2, 0) is 4.74 Å². The Hall–Kier alpha value is -3.01. The van der Waals surface area contributed by atoms with Gasteiger partial charge in [-0.25, -0.2) is 14.4 Å². The van der Waals surface area contributed by atoms with Crippen molar-refractivity contribution in [1.29, 1.82) is 0 Å². The Bertz CT molecular complexity index is 947. The van der Waals surface area contributed by atoms with Crippen LogP contribution in [0.2, 0.25) is 0 Å². The summed E-state index contributed by atoms with van der Waals surface area (Å²) in [5.41, 5.74) is 1.63. The van der Waals surface area contributed by atoms with Gasteiger partial charge in [0.15, 0.2) is 5.82 Å². The second kappa shape index (κ2) is 8.34. The summed E-state index contributed by atoms with van der Waals surface area (Å²) >= 11 is 0. The van der Waals surface area contributed by atoms with Crippen molar-refractivity contribution in [2.24, 2.45) is 0 Å². The van der Waals surface area contributed by atoms with Gasteiger partial charge in [-0.2, -0.15) is 18.2 Å². The zero-order valence-electron chi connectivity index (χ0n) is 14.8. The highest BCUT2D eigenvalue weighted by Gasteiger charge is 2.27. The number of pyridine rings is 1. The molecule has 0 unspecified atom stereocenters. The number of anilines is 2. The number of aromatic nitrogens is 3. The van der Waals surface area contributed by atoms with Gasteiger partial charge in [0.2, 0.25) is 5.95 Å². The normalized spacial score (nSPS) is 11.6. The van der Waals surface area contributed by atoms with Crippen molar-refractivity contribution >= 4 is 22.8 Å². The minimum Gasteiger partial charge on any atom is -0.383 e. The SMILES string of the molecule is COCCNc1nc(NCC(F)(F)F)c2nc(-c3ccc(F)cc3)ccc2n1. The number of hydrogen-bond donors (Lipinski definition) is 2. The number of fused-ring (bicyclic) bond motifs is 1. The van der Waals surface area contributed by atoms with Crippen LogP contribution in [0.4, 0.5) is 29.3 Å². The minimum atomic E-state index is -4.42. The molecule has 0 amide bonds. The van der Waals surface area contributed by atoms with Crippen LogP contribution in [0.15, 0.2) is 36.4 Å². The van der Waals surface area contributed by atoms with Crippen LogP contribution in [0.1, 0.15) is 0 Å². The molecule has 1 aromatic carbocycles. The van der Waals surface area contributed by atoms with Gasteiger partial charge in [0, 0.05) is 19.2 Å². The number of benzene rings is 1. The van der Waals surface area contributed by atoms with E-state index in [0.29, 0.717) is 29.9 Å². The smallest absolute Gasteiger partial charge is 0.383 e. The first-order chi connectivity index (χ1) is 13.4. The van der Waals surface area contributed by atoms with E-state index < -0.39 is 18.5 Å². The molecular weight excluding hydrogens is 378 g/mol. The molecule has 3 rings (SSSR count). The molecule has 10 heteroatoms. The molecule has 2 heterocycles. The van der Waals surface area contributed by atoms with Gasteiger partial charge < -0.3 is 15.4 Å². The summed E-state index contributed by atoms with van der Waals surface area (Å²) in [5.74, 6) is -0.288. The Kier molecular flexibility index (Phi) is 5.88. The number of alkyl halides is 3. The maximum absolute atomic E-state index is 13.1. The molecular formula is C18H17F4N5O. The molecule has 2 N–H and O–H groups in total. The molecule has 28 heavy (non-hydrogen) atoms. The van der Waals surface area contributed by atoms with Crippen LogP contribution in [0.25, 0.3) is 22.3 Å². The summed E-state index contributed by atoms with van der Waals surface area (Å²) in [7, 11) is 1.53. The van der Waals surface area contributed by atoms with E-state index in [2.05, 4.69) is 25.6 Å². The van der Waals surface area contributed by atoms with Crippen LogP contribution >= 0.6 is 0 Å². The number of methoxy groups -OCH3 is 1. The van der Waals surface area contributed by atoms with E-state index in [1.807, 2.05) is 0 Å². The van der Waals surface area contributed by atoms with Crippen LogP contribution in [0.5, 0.6) is 0 Å². The number of rotatable bonds is 7. The van der Waals surface area contributed by atoms with E-state index in [-0.39, 0.29) is 17.3 Å². The number of halogens is 4. The maximum Gasteiger partial charge on any atom is 0.405 e. The van der Waals surface area contributed by atoms with Gasteiger partial charge in [0.25, 0.3) is 0 Å². The van der Waals surface area contributed by atoms with Crippen molar-refractivity contribution in [3.63, 3.8) is 0 Å². The molecule has 3 aromatic rings. The third kappa shape index (κ3) is 5.03. The monoisotopic (exact) mass is 395 g/mol. The van der Waals surface area contributed by atoms with Crippen LogP contribution < -0.4 is 10.6 Å². The van der Waals surface area contributed by atoms with Crippen LogP contribution in [-0.4, -0.2) is 47.9 Å². The summed E-state index contributed by atoms with van der Waals surface area (Å²) < 4.78 is 56.1. The van der Waals surface area contributed by atoms with Crippen molar-refractivity contribution in [2.45, 2.75) is 6.18 Å². The molecule has 148 valence electrons. The van der Waals surface area contributed by atoms with Crippen molar-refractivity contribution in [1.82, 2.24) is 15.0 Å². The Morgan fingerprint density at radius 1 is 0.964 bits per heavy atom. The molecule has 0 radical (unpaired) electrons. The highest BCUT2D eigenvalue weighted by molar-refractivity contribution is 5.88. The highest BCUT2D eigenvalue weighted by atomic mass is 19.4. The molecule has 0 atom stereocenters. The summed E-state index contributed by atoms with van der Waals surface area (Å²) in [4.78, 5) is 12.8. The Labute approximate surface area is 158 Å². The van der Waals surface area contributed by atoms with E-state index in [1.54, 1.807) is 12.1 Å². The third-order valence-electron chi connectivity index (χ3n) is 3.73.